The van der Waals surface area contributed by atoms with Gasteiger partial charge in [0.25, 0.3) is 5.91 Å². The minimum Gasteiger partial charge on any atom is -0.328 e. The number of thioether (sulfide) groups is 1. The van der Waals surface area contributed by atoms with E-state index in [9.17, 15) is 9.59 Å². The highest BCUT2D eigenvalue weighted by molar-refractivity contribution is 7.99. The number of hydrogen-bond acceptors (Lipinski definition) is 7. The first-order chi connectivity index (χ1) is 14.5. The van der Waals surface area contributed by atoms with Gasteiger partial charge in [-0.1, -0.05) is 29.5 Å². The molecule has 1 fully saturated rings. The van der Waals surface area contributed by atoms with E-state index in [-0.39, 0.29) is 23.6 Å². The third kappa shape index (κ3) is 4.39. The fourth-order valence-electron chi connectivity index (χ4n) is 3.45. The highest BCUT2D eigenvalue weighted by Gasteiger charge is 2.34. The number of benzene rings is 1. The van der Waals surface area contributed by atoms with Crippen LogP contribution >= 0.6 is 23.1 Å². The summed E-state index contributed by atoms with van der Waals surface area (Å²) >= 11 is 2.69. The molecule has 1 aromatic carbocycles. The summed E-state index contributed by atoms with van der Waals surface area (Å²) in [6.07, 6.45) is 3.42. The van der Waals surface area contributed by atoms with Gasteiger partial charge in [-0.3, -0.25) is 9.59 Å². The maximum absolute atomic E-state index is 13.0. The molecule has 2 aromatic heterocycles. The second-order valence-corrected chi connectivity index (χ2v) is 8.93. The van der Waals surface area contributed by atoms with Crippen molar-refractivity contribution in [3.8, 4) is 0 Å². The second-order valence-electron chi connectivity index (χ2n) is 7.10. The van der Waals surface area contributed by atoms with Crippen molar-refractivity contribution in [3.63, 3.8) is 0 Å². The average molecular weight is 443 g/mol. The maximum atomic E-state index is 13.0. The normalized spacial score (nSPS) is 16.1. The lowest BCUT2D eigenvalue weighted by Gasteiger charge is -2.24. The molecular weight excluding hydrogens is 420 g/mol. The number of thiazole rings is 1. The summed E-state index contributed by atoms with van der Waals surface area (Å²) in [7, 11) is 1.88. The Balaban J connectivity index is 1.43. The van der Waals surface area contributed by atoms with E-state index in [2.05, 4.69) is 20.5 Å². The van der Waals surface area contributed by atoms with E-state index in [1.54, 1.807) is 6.20 Å². The number of aromatic nitrogens is 4. The summed E-state index contributed by atoms with van der Waals surface area (Å²) in [4.78, 5) is 31.1. The van der Waals surface area contributed by atoms with Crippen LogP contribution in [0.15, 0.2) is 41.0 Å². The second kappa shape index (κ2) is 8.97. The van der Waals surface area contributed by atoms with Gasteiger partial charge < -0.3 is 14.8 Å². The van der Waals surface area contributed by atoms with Crippen molar-refractivity contribution in [3.05, 3.63) is 52.8 Å². The number of nitrogens with one attached hydrogen (secondary N) is 1. The van der Waals surface area contributed by atoms with Crippen LogP contribution in [0.2, 0.25) is 0 Å². The van der Waals surface area contributed by atoms with Crippen LogP contribution in [0.3, 0.4) is 0 Å². The predicted octanol–water partition coefficient (Wildman–Crippen LogP) is 3.29. The fraction of sp³-hybridized carbons (Fsp3) is 0.350. The van der Waals surface area contributed by atoms with Gasteiger partial charge in [-0.05, 0) is 31.9 Å². The summed E-state index contributed by atoms with van der Waals surface area (Å²) in [6.45, 7) is 2.70. The summed E-state index contributed by atoms with van der Waals surface area (Å²) < 4.78 is 1.88. The van der Waals surface area contributed by atoms with E-state index < -0.39 is 0 Å². The summed E-state index contributed by atoms with van der Waals surface area (Å²) in [5.41, 5.74) is 1.81. The smallest absolute Gasteiger partial charge is 0.254 e. The maximum Gasteiger partial charge on any atom is 0.254 e. The first kappa shape index (κ1) is 20.5. The molecule has 10 heteroatoms. The molecule has 3 heterocycles. The van der Waals surface area contributed by atoms with E-state index in [1.165, 1.54) is 23.1 Å². The first-order valence-electron chi connectivity index (χ1n) is 9.62. The van der Waals surface area contributed by atoms with Crippen molar-refractivity contribution in [2.75, 3.05) is 17.6 Å². The average Bonchev–Trinajstić information content (AvgIpc) is 3.48. The van der Waals surface area contributed by atoms with Crippen molar-refractivity contribution in [2.24, 2.45) is 7.05 Å². The van der Waals surface area contributed by atoms with Gasteiger partial charge in [0.05, 0.1) is 11.8 Å². The van der Waals surface area contributed by atoms with Crippen LogP contribution < -0.4 is 5.32 Å². The largest absolute Gasteiger partial charge is 0.328 e. The molecule has 30 heavy (non-hydrogen) atoms. The van der Waals surface area contributed by atoms with Crippen molar-refractivity contribution in [1.82, 2.24) is 24.6 Å². The van der Waals surface area contributed by atoms with Gasteiger partial charge in [0.2, 0.25) is 5.91 Å². The molecule has 1 saturated heterocycles. The summed E-state index contributed by atoms with van der Waals surface area (Å²) in [6, 6.07) is 7.52. The Hall–Kier alpha value is -2.72. The summed E-state index contributed by atoms with van der Waals surface area (Å²) in [5.74, 6) is 0.826. The zero-order valence-electron chi connectivity index (χ0n) is 16.7. The van der Waals surface area contributed by atoms with Gasteiger partial charge in [0.1, 0.15) is 0 Å². The zero-order chi connectivity index (χ0) is 21.1. The Morgan fingerprint density at radius 2 is 2.07 bits per heavy atom. The molecule has 0 aliphatic carbocycles. The molecule has 2 amide bonds. The lowest BCUT2D eigenvalue weighted by molar-refractivity contribution is -0.113. The Morgan fingerprint density at radius 1 is 1.27 bits per heavy atom. The predicted molar refractivity (Wildman–Crippen MR) is 117 cm³/mol. The number of amides is 2. The highest BCUT2D eigenvalue weighted by atomic mass is 32.2. The molecule has 8 nitrogen and oxygen atoms in total. The molecule has 1 unspecified atom stereocenters. The molecule has 3 aromatic rings. The number of hydrogen-bond donors (Lipinski definition) is 1. The number of carbonyl (C=O) groups excluding carboxylic acids is 2. The molecule has 1 aliphatic rings. The molecule has 0 bridgehead atoms. The number of anilines is 1. The van der Waals surface area contributed by atoms with Crippen LogP contribution in [0.5, 0.6) is 0 Å². The zero-order valence-corrected chi connectivity index (χ0v) is 18.4. The molecule has 0 saturated carbocycles. The SMILES string of the molecule is Cc1ccc(C(=O)N2CCCC2c2nnc(SCC(=O)Nc3nccs3)n2C)cc1. The molecule has 1 N–H and O–H groups in total. The lowest BCUT2D eigenvalue weighted by atomic mass is 10.1. The molecule has 0 radical (unpaired) electrons. The molecule has 1 atom stereocenters. The number of likely N-dealkylation sites (tertiary alicyclic amines) is 1. The Bertz CT molecular complexity index is 1030. The molecule has 4 rings (SSSR count). The fourth-order valence-corrected chi connectivity index (χ4v) is 4.72. The summed E-state index contributed by atoms with van der Waals surface area (Å²) in [5, 5.41) is 14.4. The van der Waals surface area contributed by atoms with Crippen LogP contribution in [0.25, 0.3) is 0 Å². The Labute approximate surface area is 182 Å². The van der Waals surface area contributed by atoms with Crippen molar-refractivity contribution < 1.29 is 9.59 Å². The van der Waals surface area contributed by atoms with Gasteiger partial charge in [-0.2, -0.15) is 0 Å². The van der Waals surface area contributed by atoms with Crippen LogP contribution in [0.1, 0.15) is 40.6 Å². The van der Waals surface area contributed by atoms with Crippen molar-refractivity contribution in [1.29, 1.82) is 0 Å². The molecular formula is C20H22N6O2S2. The van der Waals surface area contributed by atoms with Gasteiger partial charge in [0.15, 0.2) is 16.1 Å². The van der Waals surface area contributed by atoms with Gasteiger partial charge >= 0.3 is 0 Å². The standard InChI is InChI=1S/C20H22N6O2S2/c1-13-5-7-14(8-6-13)18(28)26-10-3-4-15(26)17-23-24-20(25(17)2)30-12-16(27)22-19-21-9-11-29-19/h5-9,11,15H,3-4,10,12H2,1-2H3,(H,21,22,27). The van der Waals surface area contributed by atoms with Gasteiger partial charge in [0, 0.05) is 30.7 Å². The van der Waals surface area contributed by atoms with Crippen LogP contribution in [0.4, 0.5) is 5.13 Å². The Morgan fingerprint density at radius 3 is 2.80 bits per heavy atom. The van der Waals surface area contributed by atoms with E-state index in [4.69, 9.17) is 0 Å². The third-order valence-electron chi connectivity index (χ3n) is 4.99. The van der Waals surface area contributed by atoms with Crippen LogP contribution in [-0.2, 0) is 11.8 Å². The van der Waals surface area contributed by atoms with E-state index in [0.29, 0.717) is 22.4 Å². The number of rotatable bonds is 6. The molecule has 0 spiro atoms. The van der Waals surface area contributed by atoms with Crippen LogP contribution in [-0.4, -0.2) is 48.8 Å². The van der Waals surface area contributed by atoms with Crippen molar-refractivity contribution >= 4 is 40.0 Å². The van der Waals surface area contributed by atoms with Gasteiger partial charge in [-0.25, -0.2) is 4.98 Å². The number of aryl methyl sites for hydroxylation is 1. The van der Waals surface area contributed by atoms with Gasteiger partial charge in [-0.15, -0.1) is 21.5 Å². The van der Waals surface area contributed by atoms with E-state index >= 15 is 0 Å². The van der Waals surface area contributed by atoms with E-state index in [1.807, 2.05) is 53.1 Å². The molecule has 1 aliphatic heterocycles. The monoisotopic (exact) mass is 442 g/mol. The van der Waals surface area contributed by atoms with E-state index in [0.717, 1.165) is 24.2 Å². The molecule has 156 valence electrons. The lowest BCUT2D eigenvalue weighted by Crippen LogP contribution is -2.31. The number of carbonyl (C=O) groups is 2. The first-order valence-corrected chi connectivity index (χ1v) is 11.5. The minimum atomic E-state index is -0.142. The quantitative estimate of drug-likeness (QED) is 0.589. The van der Waals surface area contributed by atoms with Crippen LogP contribution in [0, 0.1) is 6.92 Å². The van der Waals surface area contributed by atoms with Crippen molar-refractivity contribution in [2.45, 2.75) is 31.0 Å². The third-order valence-corrected chi connectivity index (χ3v) is 6.70. The topological polar surface area (TPSA) is 93.0 Å². The number of nitrogens with zero attached hydrogens (tertiary/aromatic N) is 5. The minimum absolute atomic E-state index is 0.0116. The highest BCUT2D eigenvalue weighted by Crippen LogP contribution is 2.33. The Kier molecular flexibility index (Phi) is 6.14.